The van der Waals surface area contributed by atoms with Gasteiger partial charge in [-0.3, -0.25) is 0 Å². The van der Waals surface area contributed by atoms with Crippen LogP contribution in [0, 0.1) is 0 Å². The molecule has 3 heteroatoms. The summed E-state index contributed by atoms with van der Waals surface area (Å²) in [6.07, 6.45) is 9.52. The van der Waals surface area contributed by atoms with E-state index in [9.17, 15) is 4.79 Å². The Morgan fingerprint density at radius 2 is 2.47 bits per heavy atom. The third kappa shape index (κ3) is 3.42. The van der Waals surface area contributed by atoms with E-state index >= 15 is 0 Å². The predicted molar refractivity (Wildman–Crippen MR) is 58.3 cm³/mol. The summed E-state index contributed by atoms with van der Waals surface area (Å²) < 4.78 is 10.7. The molecule has 0 radical (unpaired) electrons. The van der Waals surface area contributed by atoms with Crippen molar-refractivity contribution in [1.82, 2.24) is 0 Å². The predicted octanol–water partition coefficient (Wildman–Crippen LogP) is 2.58. The van der Waals surface area contributed by atoms with Crippen LogP contribution in [0.2, 0.25) is 0 Å². The molecule has 1 rings (SSSR count). The Labute approximate surface area is 90.8 Å². The minimum absolute atomic E-state index is 0.302. The van der Waals surface area contributed by atoms with Crippen LogP contribution in [0.15, 0.2) is 24.5 Å². The quantitative estimate of drug-likeness (QED) is 0.528. The van der Waals surface area contributed by atoms with Gasteiger partial charge in [0.25, 0.3) is 0 Å². The van der Waals surface area contributed by atoms with Gasteiger partial charge in [-0.15, -0.1) is 0 Å². The van der Waals surface area contributed by atoms with Gasteiger partial charge in [0.15, 0.2) is 0 Å². The van der Waals surface area contributed by atoms with Gasteiger partial charge in [0.1, 0.15) is 12.2 Å². The molecule has 1 heterocycles. The Morgan fingerprint density at radius 3 is 3.00 bits per heavy atom. The Balaban J connectivity index is 2.46. The van der Waals surface area contributed by atoms with E-state index in [1.54, 1.807) is 19.3 Å². The first-order valence-corrected chi connectivity index (χ1v) is 5.35. The van der Waals surface area contributed by atoms with Crippen molar-refractivity contribution in [2.45, 2.75) is 38.7 Å². The van der Waals surface area contributed by atoms with Gasteiger partial charge in [0.05, 0.1) is 6.26 Å². The van der Waals surface area contributed by atoms with E-state index in [0.29, 0.717) is 6.61 Å². The zero-order valence-corrected chi connectivity index (χ0v) is 9.36. The number of carbonyl (C=O) groups excluding carboxylic acids is 1. The molecule has 0 amide bonds. The Kier molecular flexibility index (Phi) is 4.40. The zero-order chi connectivity index (χ0) is 11.1. The van der Waals surface area contributed by atoms with Crippen LogP contribution in [0.3, 0.4) is 0 Å². The Bertz CT molecular complexity index is 268. The Morgan fingerprint density at radius 1 is 1.67 bits per heavy atom. The van der Waals surface area contributed by atoms with Crippen molar-refractivity contribution in [3.8, 4) is 0 Å². The third-order valence-electron chi connectivity index (χ3n) is 2.61. The first kappa shape index (κ1) is 11.8. The molecule has 0 fully saturated rings. The van der Waals surface area contributed by atoms with Crippen molar-refractivity contribution in [2.24, 2.45) is 0 Å². The van der Waals surface area contributed by atoms with Gasteiger partial charge in [-0.05, 0) is 32.3 Å². The standard InChI is InChI=1S/C12H18O3/c1-3-7-11(13)14-10-12(4-2)8-5-6-9-15-12/h3,6-7,9H,4-5,8,10H2,1-2H3/b7-3+. The van der Waals surface area contributed by atoms with Crippen molar-refractivity contribution in [1.29, 1.82) is 0 Å². The lowest BCUT2D eigenvalue weighted by atomic mass is 9.94. The summed E-state index contributed by atoms with van der Waals surface area (Å²) in [7, 11) is 0. The van der Waals surface area contributed by atoms with Gasteiger partial charge < -0.3 is 9.47 Å². The summed E-state index contributed by atoms with van der Waals surface area (Å²) in [6, 6.07) is 0. The van der Waals surface area contributed by atoms with Gasteiger partial charge in [-0.25, -0.2) is 4.79 Å². The molecule has 0 saturated carbocycles. The van der Waals surface area contributed by atoms with Crippen molar-refractivity contribution in [3.63, 3.8) is 0 Å². The van der Waals surface area contributed by atoms with Gasteiger partial charge in [-0.2, -0.15) is 0 Å². The maximum absolute atomic E-state index is 11.2. The molecule has 0 saturated heterocycles. The highest BCUT2D eigenvalue weighted by Gasteiger charge is 2.31. The second-order valence-corrected chi connectivity index (χ2v) is 3.67. The third-order valence-corrected chi connectivity index (χ3v) is 2.61. The largest absolute Gasteiger partial charge is 0.492 e. The lowest BCUT2D eigenvalue weighted by Gasteiger charge is -2.33. The number of hydrogen-bond donors (Lipinski definition) is 0. The van der Waals surface area contributed by atoms with Crippen LogP contribution in [-0.4, -0.2) is 18.2 Å². The molecule has 15 heavy (non-hydrogen) atoms. The van der Waals surface area contributed by atoms with E-state index in [4.69, 9.17) is 9.47 Å². The molecule has 0 N–H and O–H groups in total. The van der Waals surface area contributed by atoms with Crippen molar-refractivity contribution in [3.05, 3.63) is 24.5 Å². The summed E-state index contributed by atoms with van der Waals surface area (Å²) in [5, 5.41) is 0. The number of esters is 1. The minimum atomic E-state index is -0.314. The average molecular weight is 210 g/mol. The molecule has 1 unspecified atom stereocenters. The fourth-order valence-electron chi connectivity index (χ4n) is 1.52. The monoisotopic (exact) mass is 210 g/mol. The van der Waals surface area contributed by atoms with Crippen LogP contribution in [0.5, 0.6) is 0 Å². The van der Waals surface area contributed by atoms with E-state index in [1.807, 2.05) is 13.0 Å². The highest BCUT2D eigenvalue weighted by molar-refractivity contribution is 5.81. The first-order chi connectivity index (χ1) is 7.22. The normalized spacial score (nSPS) is 25.2. The SMILES string of the molecule is C/C=C/C(=O)OCC1(CC)CCC=CO1. The number of ether oxygens (including phenoxy) is 2. The van der Waals surface area contributed by atoms with E-state index in [-0.39, 0.29) is 11.6 Å². The van der Waals surface area contributed by atoms with Gasteiger partial charge in [0, 0.05) is 6.08 Å². The van der Waals surface area contributed by atoms with Crippen molar-refractivity contribution in [2.75, 3.05) is 6.61 Å². The van der Waals surface area contributed by atoms with Gasteiger partial charge >= 0.3 is 5.97 Å². The zero-order valence-electron chi connectivity index (χ0n) is 9.36. The van der Waals surface area contributed by atoms with Gasteiger partial charge in [-0.1, -0.05) is 13.0 Å². The van der Waals surface area contributed by atoms with Crippen LogP contribution in [0.4, 0.5) is 0 Å². The van der Waals surface area contributed by atoms with E-state index in [2.05, 4.69) is 0 Å². The van der Waals surface area contributed by atoms with Crippen molar-refractivity contribution < 1.29 is 14.3 Å². The van der Waals surface area contributed by atoms with Crippen LogP contribution >= 0.6 is 0 Å². The molecule has 0 aromatic rings. The lowest BCUT2D eigenvalue weighted by molar-refractivity contribution is -0.147. The number of carbonyl (C=O) groups is 1. The molecule has 0 spiro atoms. The number of rotatable bonds is 4. The second-order valence-electron chi connectivity index (χ2n) is 3.67. The van der Waals surface area contributed by atoms with E-state index in [1.165, 1.54) is 6.08 Å². The molecule has 3 nitrogen and oxygen atoms in total. The fraction of sp³-hybridized carbons (Fsp3) is 0.583. The fourth-order valence-corrected chi connectivity index (χ4v) is 1.52. The summed E-state index contributed by atoms with van der Waals surface area (Å²) in [5.41, 5.74) is -0.314. The second kappa shape index (κ2) is 5.59. The summed E-state index contributed by atoms with van der Waals surface area (Å²) in [4.78, 5) is 11.2. The van der Waals surface area contributed by atoms with E-state index < -0.39 is 0 Å². The van der Waals surface area contributed by atoms with Crippen LogP contribution in [-0.2, 0) is 14.3 Å². The topological polar surface area (TPSA) is 35.5 Å². The molecule has 1 aliphatic rings. The molecular formula is C12H18O3. The molecule has 0 aromatic heterocycles. The molecule has 0 aromatic carbocycles. The Hall–Kier alpha value is -1.25. The molecular weight excluding hydrogens is 192 g/mol. The molecule has 84 valence electrons. The molecule has 0 aliphatic carbocycles. The summed E-state index contributed by atoms with van der Waals surface area (Å²) in [5.74, 6) is -0.302. The maximum Gasteiger partial charge on any atom is 0.330 e. The summed E-state index contributed by atoms with van der Waals surface area (Å²) in [6.45, 7) is 4.16. The summed E-state index contributed by atoms with van der Waals surface area (Å²) >= 11 is 0. The number of hydrogen-bond acceptors (Lipinski definition) is 3. The first-order valence-electron chi connectivity index (χ1n) is 5.35. The van der Waals surface area contributed by atoms with E-state index in [0.717, 1.165) is 19.3 Å². The maximum atomic E-state index is 11.2. The highest BCUT2D eigenvalue weighted by Crippen LogP contribution is 2.27. The van der Waals surface area contributed by atoms with Crippen LogP contribution < -0.4 is 0 Å². The minimum Gasteiger partial charge on any atom is -0.492 e. The number of allylic oxidation sites excluding steroid dienone is 2. The average Bonchev–Trinajstić information content (AvgIpc) is 2.28. The van der Waals surface area contributed by atoms with Crippen LogP contribution in [0.1, 0.15) is 33.1 Å². The smallest absolute Gasteiger partial charge is 0.330 e. The molecule has 0 bridgehead atoms. The van der Waals surface area contributed by atoms with Gasteiger partial charge in [0.2, 0.25) is 0 Å². The van der Waals surface area contributed by atoms with Crippen molar-refractivity contribution >= 4 is 5.97 Å². The molecule has 1 aliphatic heterocycles. The lowest BCUT2D eigenvalue weighted by Crippen LogP contribution is -2.37. The highest BCUT2D eigenvalue weighted by atomic mass is 16.6. The molecule has 1 atom stereocenters. The van der Waals surface area contributed by atoms with Crippen LogP contribution in [0.25, 0.3) is 0 Å².